The Bertz CT molecular complexity index is 1050. The van der Waals surface area contributed by atoms with E-state index in [2.05, 4.69) is 5.32 Å². The van der Waals surface area contributed by atoms with Crippen molar-refractivity contribution >= 4 is 33.3 Å². The second-order valence-corrected chi connectivity index (χ2v) is 8.73. The molecule has 0 spiro atoms. The lowest BCUT2D eigenvalue weighted by atomic mass is 10.1. The molecule has 0 bridgehead atoms. The minimum atomic E-state index is -3.79. The average Bonchev–Trinajstić information content (AvgIpc) is 2.72. The van der Waals surface area contributed by atoms with E-state index in [1.807, 2.05) is 0 Å². The van der Waals surface area contributed by atoms with Crippen LogP contribution in [0.25, 0.3) is 0 Å². The Kier molecular flexibility index (Phi) is 8.04. The SMILES string of the molecule is CCOC(=O)c1cccc(NC(=O)[C@H](CC)N(c2cccc(OC)c2)S(C)(=O)=O)c1C. The number of methoxy groups -OCH3 is 1. The van der Waals surface area contributed by atoms with E-state index >= 15 is 0 Å². The maximum absolute atomic E-state index is 13.2. The standard InChI is InChI=1S/C22H28N2O6S/c1-6-20(24(31(5,27)28)16-10-8-11-17(14-16)29-4)21(25)23-19-13-9-12-18(15(19)3)22(26)30-7-2/h8-14,20H,6-7H2,1-5H3,(H,23,25)/t20-/m0/s1. The third-order valence-electron chi connectivity index (χ3n) is 4.72. The molecule has 0 heterocycles. The van der Waals surface area contributed by atoms with Gasteiger partial charge in [0.2, 0.25) is 15.9 Å². The van der Waals surface area contributed by atoms with Crippen LogP contribution in [0.4, 0.5) is 11.4 Å². The number of rotatable bonds is 9. The quantitative estimate of drug-likeness (QED) is 0.590. The predicted molar refractivity (Wildman–Crippen MR) is 120 cm³/mol. The zero-order chi connectivity index (χ0) is 23.2. The molecule has 2 rings (SSSR count). The molecule has 0 unspecified atom stereocenters. The Morgan fingerprint density at radius 2 is 1.81 bits per heavy atom. The number of esters is 1. The number of hydrogen-bond acceptors (Lipinski definition) is 6. The van der Waals surface area contributed by atoms with Crippen molar-refractivity contribution in [1.82, 2.24) is 0 Å². The molecule has 0 aromatic heterocycles. The van der Waals surface area contributed by atoms with Crippen LogP contribution >= 0.6 is 0 Å². The van der Waals surface area contributed by atoms with Crippen molar-refractivity contribution in [3.63, 3.8) is 0 Å². The van der Waals surface area contributed by atoms with Crippen molar-refractivity contribution in [3.05, 3.63) is 53.6 Å². The van der Waals surface area contributed by atoms with Crippen LogP contribution in [0, 0.1) is 6.92 Å². The summed E-state index contributed by atoms with van der Waals surface area (Å²) in [7, 11) is -2.31. The first-order chi connectivity index (χ1) is 14.6. The first kappa shape index (κ1) is 24.2. The lowest BCUT2D eigenvalue weighted by Crippen LogP contribution is -2.47. The number of benzene rings is 2. The molecule has 0 radical (unpaired) electrons. The van der Waals surface area contributed by atoms with Gasteiger partial charge in [-0.2, -0.15) is 0 Å². The van der Waals surface area contributed by atoms with E-state index < -0.39 is 27.9 Å². The van der Waals surface area contributed by atoms with E-state index in [0.29, 0.717) is 28.3 Å². The van der Waals surface area contributed by atoms with Crippen molar-refractivity contribution in [2.75, 3.05) is 29.6 Å². The van der Waals surface area contributed by atoms with E-state index in [4.69, 9.17) is 9.47 Å². The highest BCUT2D eigenvalue weighted by atomic mass is 32.2. The Hall–Kier alpha value is -3.07. The molecular formula is C22H28N2O6S. The summed E-state index contributed by atoms with van der Waals surface area (Å²) >= 11 is 0. The number of anilines is 2. The fourth-order valence-corrected chi connectivity index (χ4v) is 4.43. The molecule has 31 heavy (non-hydrogen) atoms. The van der Waals surface area contributed by atoms with Gasteiger partial charge in [0.25, 0.3) is 0 Å². The molecule has 9 heteroatoms. The Morgan fingerprint density at radius 3 is 2.39 bits per heavy atom. The molecule has 0 saturated carbocycles. The zero-order valence-electron chi connectivity index (χ0n) is 18.3. The molecule has 2 aromatic rings. The second-order valence-electron chi connectivity index (χ2n) is 6.87. The third-order valence-corrected chi connectivity index (χ3v) is 5.90. The highest BCUT2D eigenvalue weighted by Crippen LogP contribution is 2.27. The van der Waals surface area contributed by atoms with Crippen LogP contribution in [0.3, 0.4) is 0 Å². The summed E-state index contributed by atoms with van der Waals surface area (Å²) < 4.78 is 36.6. The number of amides is 1. The number of hydrogen-bond donors (Lipinski definition) is 1. The smallest absolute Gasteiger partial charge is 0.338 e. The average molecular weight is 449 g/mol. The van der Waals surface area contributed by atoms with Crippen molar-refractivity contribution in [2.24, 2.45) is 0 Å². The number of nitrogens with one attached hydrogen (secondary N) is 1. The van der Waals surface area contributed by atoms with Gasteiger partial charge in [-0.05, 0) is 50.1 Å². The Morgan fingerprint density at radius 1 is 1.13 bits per heavy atom. The molecule has 1 N–H and O–H groups in total. The Balaban J connectivity index is 2.41. The van der Waals surface area contributed by atoms with Gasteiger partial charge in [-0.15, -0.1) is 0 Å². The fraction of sp³-hybridized carbons (Fsp3) is 0.364. The van der Waals surface area contributed by atoms with Gasteiger partial charge in [-0.25, -0.2) is 13.2 Å². The van der Waals surface area contributed by atoms with Crippen LogP contribution in [0.1, 0.15) is 36.2 Å². The fourth-order valence-electron chi connectivity index (χ4n) is 3.22. The minimum Gasteiger partial charge on any atom is -0.497 e. The lowest BCUT2D eigenvalue weighted by molar-refractivity contribution is -0.117. The van der Waals surface area contributed by atoms with Crippen molar-refractivity contribution < 1.29 is 27.5 Å². The molecular weight excluding hydrogens is 420 g/mol. The molecule has 0 aliphatic carbocycles. The van der Waals surface area contributed by atoms with Crippen molar-refractivity contribution in [1.29, 1.82) is 0 Å². The van der Waals surface area contributed by atoms with E-state index in [1.54, 1.807) is 63.2 Å². The molecule has 0 fully saturated rings. The highest BCUT2D eigenvalue weighted by Gasteiger charge is 2.32. The lowest BCUT2D eigenvalue weighted by Gasteiger charge is -2.30. The first-order valence-corrected chi connectivity index (χ1v) is 11.7. The van der Waals surface area contributed by atoms with E-state index in [9.17, 15) is 18.0 Å². The number of carbonyl (C=O) groups excluding carboxylic acids is 2. The van der Waals surface area contributed by atoms with Crippen LogP contribution in [-0.2, 0) is 19.6 Å². The molecule has 0 saturated heterocycles. The van der Waals surface area contributed by atoms with E-state index in [1.165, 1.54) is 7.11 Å². The summed E-state index contributed by atoms with van der Waals surface area (Å²) in [6, 6.07) is 10.4. The summed E-state index contributed by atoms with van der Waals surface area (Å²) in [5.74, 6) is -0.531. The summed E-state index contributed by atoms with van der Waals surface area (Å²) in [5, 5.41) is 2.77. The first-order valence-electron chi connectivity index (χ1n) is 9.85. The monoisotopic (exact) mass is 448 g/mol. The van der Waals surface area contributed by atoms with Gasteiger partial charge < -0.3 is 14.8 Å². The van der Waals surface area contributed by atoms with Crippen LogP contribution in [0.5, 0.6) is 5.75 Å². The van der Waals surface area contributed by atoms with Crippen molar-refractivity contribution in [3.8, 4) is 5.75 Å². The van der Waals surface area contributed by atoms with Gasteiger partial charge in [-0.1, -0.05) is 19.1 Å². The second kappa shape index (κ2) is 10.3. The third kappa shape index (κ3) is 5.75. The number of nitrogens with zero attached hydrogens (tertiary/aromatic N) is 1. The number of ether oxygens (including phenoxy) is 2. The molecule has 1 atom stereocenters. The van der Waals surface area contributed by atoms with Crippen molar-refractivity contribution in [2.45, 2.75) is 33.2 Å². The van der Waals surface area contributed by atoms with E-state index in [-0.39, 0.29) is 13.0 Å². The normalized spacial score (nSPS) is 12.0. The van der Waals surface area contributed by atoms with Crippen LogP contribution < -0.4 is 14.4 Å². The molecule has 2 aromatic carbocycles. The number of carbonyl (C=O) groups is 2. The van der Waals surface area contributed by atoms with Gasteiger partial charge in [0.1, 0.15) is 11.8 Å². The topological polar surface area (TPSA) is 102 Å². The van der Waals surface area contributed by atoms with Gasteiger partial charge in [-0.3, -0.25) is 9.10 Å². The minimum absolute atomic E-state index is 0.229. The Labute approximate surface area is 183 Å². The molecule has 1 amide bonds. The van der Waals surface area contributed by atoms with Gasteiger partial charge in [0.15, 0.2) is 0 Å². The molecule has 0 aliphatic heterocycles. The summed E-state index contributed by atoms with van der Waals surface area (Å²) in [6.07, 6.45) is 1.28. The highest BCUT2D eigenvalue weighted by molar-refractivity contribution is 7.92. The van der Waals surface area contributed by atoms with Crippen LogP contribution in [0.15, 0.2) is 42.5 Å². The summed E-state index contributed by atoms with van der Waals surface area (Å²) in [6.45, 7) is 5.36. The number of sulfonamides is 1. The molecule has 168 valence electrons. The predicted octanol–water partition coefficient (Wildman–Crippen LogP) is 3.36. The van der Waals surface area contributed by atoms with Gasteiger partial charge >= 0.3 is 5.97 Å². The van der Waals surface area contributed by atoms with Crippen LogP contribution in [-0.4, -0.2) is 46.3 Å². The summed E-state index contributed by atoms with van der Waals surface area (Å²) in [5.41, 5.74) is 1.60. The largest absolute Gasteiger partial charge is 0.497 e. The molecule has 8 nitrogen and oxygen atoms in total. The van der Waals surface area contributed by atoms with Crippen LogP contribution in [0.2, 0.25) is 0 Å². The van der Waals surface area contributed by atoms with Gasteiger partial charge in [0.05, 0.1) is 31.2 Å². The maximum Gasteiger partial charge on any atom is 0.338 e. The molecule has 0 aliphatic rings. The van der Waals surface area contributed by atoms with Gasteiger partial charge in [0, 0.05) is 11.8 Å². The zero-order valence-corrected chi connectivity index (χ0v) is 19.2. The van der Waals surface area contributed by atoms with E-state index in [0.717, 1.165) is 10.6 Å². The summed E-state index contributed by atoms with van der Waals surface area (Å²) in [4.78, 5) is 25.3. The maximum atomic E-state index is 13.2.